The normalized spacial score (nSPS) is 9.92. The molecule has 0 aromatic heterocycles. The molecule has 0 saturated heterocycles. The second kappa shape index (κ2) is 31.3. The van der Waals surface area contributed by atoms with E-state index in [1.54, 1.807) is 98.8 Å². The number of nitro benzene ring substituents is 2. The van der Waals surface area contributed by atoms with E-state index in [-0.39, 0.29) is 62.1 Å². The first-order chi connectivity index (χ1) is 34.9. The Morgan fingerprint density at radius 2 is 0.753 bits per heavy atom. The van der Waals surface area contributed by atoms with Crippen molar-refractivity contribution in [2.75, 3.05) is 51.1 Å². The Labute approximate surface area is 423 Å². The fraction of sp³-hybridized carbons (Fsp3) is 0.192. The predicted molar refractivity (Wildman–Crippen MR) is 268 cm³/mol. The molecule has 0 unspecified atom stereocenters. The predicted octanol–water partition coefficient (Wildman–Crippen LogP) is 8.68. The Bertz CT molecular complexity index is 2760. The Balaban J connectivity index is 0.000000269. The van der Waals surface area contributed by atoms with E-state index in [9.17, 15) is 49.0 Å². The first-order valence-electron chi connectivity index (χ1n) is 21.9. The number of esters is 5. The number of nitrogens with zero attached hydrogens (tertiary/aromatic N) is 2. The van der Waals surface area contributed by atoms with Crippen LogP contribution < -0.4 is 11.5 Å². The zero-order valence-corrected chi connectivity index (χ0v) is 40.3. The van der Waals surface area contributed by atoms with Crippen molar-refractivity contribution in [2.24, 2.45) is 0 Å². The number of aliphatic hydroxyl groups excluding tert-OH is 1. The zero-order chi connectivity index (χ0) is 53.7. The van der Waals surface area contributed by atoms with E-state index < -0.39 is 44.9 Å². The number of nitrogens with two attached hydrogens (primary N) is 2. The van der Waals surface area contributed by atoms with E-state index in [2.05, 4.69) is 4.74 Å². The number of hydrogen-bond acceptors (Lipinski definition) is 18. The highest BCUT2D eigenvalue weighted by Gasteiger charge is 2.16. The molecule has 0 aliphatic rings. The number of hydrogen-bond donors (Lipinski definition) is 3. The third-order valence-corrected chi connectivity index (χ3v) is 9.30. The van der Waals surface area contributed by atoms with Crippen LogP contribution >= 0.6 is 11.6 Å². The van der Waals surface area contributed by atoms with E-state index in [4.69, 9.17) is 47.1 Å². The Morgan fingerprint density at radius 1 is 0.452 bits per heavy atom. The van der Waals surface area contributed by atoms with Gasteiger partial charge in [-0.2, -0.15) is 0 Å². The lowest BCUT2D eigenvalue weighted by atomic mass is 10.1. The average molecular weight is 1020 g/mol. The SMILES string of the molecule is Cc1cc(C(=O)Cl)cc([N+](=O)[O-])c1.Cc1cc(C(=O)OCCCOC(=O)c2ccccc2)cc([N+](=O)[O-])c1.Nc1cc(N)cc(C(=O)OCCCOC(=O)c2ccccc2)c1.O=C(OCCO)c1ccccc1. The van der Waals surface area contributed by atoms with E-state index in [1.165, 1.54) is 42.5 Å². The molecule has 73 heavy (non-hydrogen) atoms. The van der Waals surface area contributed by atoms with Crippen molar-refractivity contribution in [3.63, 3.8) is 0 Å². The molecule has 0 radical (unpaired) electrons. The highest BCUT2D eigenvalue weighted by molar-refractivity contribution is 6.67. The summed E-state index contributed by atoms with van der Waals surface area (Å²) in [5.74, 6) is -2.41. The second-order valence-corrected chi connectivity index (χ2v) is 15.3. The van der Waals surface area contributed by atoms with Crippen LogP contribution in [0.1, 0.15) is 86.1 Å². The molecular weight excluding hydrogens is 972 g/mol. The number of ether oxygens (including phenoxy) is 5. The largest absolute Gasteiger partial charge is 0.462 e. The van der Waals surface area contributed by atoms with Gasteiger partial charge in [-0.3, -0.25) is 25.0 Å². The van der Waals surface area contributed by atoms with Crippen LogP contribution in [0.5, 0.6) is 0 Å². The van der Waals surface area contributed by atoms with Gasteiger partial charge >= 0.3 is 29.8 Å². The Morgan fingerprint density at radius 3 is 1.08 bits per heavy atom. The molecule has 6 rings (SSSR count). The fourth-order valence-corrected chi connectivity index (χ4v) is 5.93. The van der Waals surface area contributed by atoms with Crippen LogP contribution in [0.15, 0.2) is 146 Å². The molecule has 382 valence electrons. The van der Waals surface area contributed by atoms with Gasteiger partial charge in [-0.1, -0.05) is 54.6 Å². The van der Waals surface area contributed by atoms with Crippen molar-refractivity contribution < 1.29 is 67.4 Å². The number of carbonyl (C=O) groups is 6. The summed E-state index contributed by atoms with van der Waals surface area (Å²) in [6.07, 6.45) is 0.736. The standard InChI is InChI=1S/C18H17NO6.C17H18N2O4.C9H10O3.C8H6ClNO3/c1-13-10-15(12-16(11-13)19(22)23)18(21)25-9-5-8-24-17(20)14-6-3-2-4-7-14;18-14-9-13(10-15(19)11-14)17(21)23-8-4-7-22-16(20)12-5-2-1-3-6-12;10-6-7-12-9(11)8-4-2-1-3-5-8;1-5-2-6(8(9)11)4-7(3-5)10(12)13/h2-4,6-7,10-12H,5,8-9H2,1H3;1-3,5-6,9-11H,4,7-8,18-19H2;1-5,10H,6-7H2;2-4H,1H3. The van der Waals surface area contributed by atoms with E-state index in [0.29, 0.717) is 57.6 Å². The van der Waals surface area contributed by atoms with Gasteiger partial charge in [-0.05, 0) is 103 Å². The van der Waals surface area contributed by atoms with Gasteiger partial charge in [0.25, 0.3) is 16.6 Å². The minimum atomic E-state index is -0.688. The van der Waals surface area contributed by atoms with Gasteiger partial charge in [-0.25, -0.2) is 24.0 Å². The van der Waals surface area contributed by atoms with Crippen LogP contribution in [-0.2, 0) is 23.7 Å². The molecule has 0 heterocycles. The maximum Gasteiger partial charge on any atom is 0.338 e. The molecule has 0 atom stereocenters. The third kappa shape index (κ3) is 22.1. The summed E-state index contributed by atoms with van der Waals surface area (Å²) in [5.41, 5.74) is 15.0. The van der Waals surface area contributed by atoms with Crippen LogP contribution in [0.4, 0.5) is 22.7 Å². The monoisotopic (exact) mass is 1020 g/mol. The maximum atomic E-state index is 11.9. The molecule has 0 spiro atoms. The van der Waals surface area contributed by atoms with Gasteiger partial charge in [0.1, 0.15) is 6.61 Å². The summed E-state index contributed by atoms with van der Waals surface area (Å²) in [6.45, 7) is 3.68. The number of nitro groups is 2. The fourth-order valence-electron chi connectivity index (χ4n) is 5.82. The van der Waals surface area contributed by atoms with Crippen molar-refractivity contribution in [1.82, 2.24) is 0 Å². The molecule has 6 aromatic rings. The summed E-state index contributed by atoms with van der Waals surface area (Å²) in [7, 11) is 0. The summed E-state index contributed by atoms with van der Waals surface area (Å²) >= 11 is 5.19. The molecule has 0 saturated carbocycles. The first-order valence-corrected chi connectivity index (χ1v) is 22.3. The Hall–Kier alpha value is -9.01. The zero-order valence-electron chi connectivity index (χ0n) is 39.5. The molecular formula is C52H51ClN4O16. The summed E-state index contributed by atoms with van der Waals surface area (Å²) in [6, 6.07) is 38.6. The van der Waals surface area contributed by atoms with Gasteiger partial charge in [-0.15, -0.1) is 0 Å². The number of rotatable bonds is 18. The van der Waals surface area contributed by atoms with Crippen LogP contribution in [0.3, 0.4) is 0 Å². The maximum absolute atomic E-state index is 11.9. The summed E-state index contributed by atoms with van der Waals surface area (Å²) in [5, 5.41) is 28.9. The van der Waals surface area contributed by atoms with E-state index in [0.717, 1.165) is 6.07 Å². The molecule has 0 aliphatic carbocycles. The molecule has 0 amide bonds. The molecule has 0 aliphatic heterocycles. The quantitative estimate of drug-likeness (QED) is 0.0138. The number of carbonyl (C=O) groups excluding carboxylic acids is 6. The first kappa shape index (κ1) is 58.3. The smallest absolute Gasteiger partial charge is 0.338 e. The number of aliphatic hydroxyl groups is 1. The minimum Gasteiger partial charge on any atom is -0.462 e. The number of non-ortho nitro benzene ring substituents is 2. The molecule has 21 heteroatoms. The number of halogens is 1. The lowest BCUT2D eigenvalue weighted by Crippen LogP contribution is -2.11. The van der Waals surface area contributed by atoms with E-state index in [1.807, 2.05) is 12.1 Å². The Kier molecular flexibility index (Phi) is 25.0. The number of nitrogen functional groups attached to an aromatic ring is 2. The van der Waals surface area contributed by atoms with Gasteiger partial charge in [0.05, 0.1) is 70.7 Å². The third-order valence-electron chi connectivity index (χ3n) is 9.08. The van der Waals surface area contributed by atoms with Gasteiger partial charge < -0.3 is 40.3 Å². The van der Waals surface area contributed by atoms with Crippen molar-refractivity contribution in [3.8, 4) is 0 Å². The molecule has 20 nitrogen and oxygen atoms in total. The van der Waals surface area contributed by atoms with Crippen LogP contribution in [-0.4, -0.2) is 89.7 Å². The van der Waals surface area contributed by atoms with Crippen LogP contribution in [0.25, 0.3) is 0 Å². The summed E-state index contributed by atoms with van der Waals surface area (Å²) in [4.78, 5) is 89.0. The van der Waals surface area contributed by atoms with Gasteiger partial charge in [0.2, 0.25) is 0 Å². The van der Waals surface area contributed by atoms with Crippen molar-refractivity contribution in [3.05, 3.63) is 210 Å². The number of aryl methyl sites for hydroxylation is 2. The molecule has 0 bridgehead atoms. The second-order valence-electron chi connectivity index (χ2n) is 15.0. The van der Waals surface area contributed by atoms with Gasteiger partial charge in [0, 0.05) is 54.0 Å². The minimum absolute atomic E-state index is 0.0443. The molecule has 0 fully saturated rings. The van der Waals surface area contributed by atoms with E-state index >= 15 is 0 Å². The highest BCUT2D eigenvalue weighted by Crippen LogP contribution is 2.19. The number of benzene rings is 6. The number of anilines is 2. The topological polar surface area (TPSA) is 307 Å². The van der Waals surface area contributed by atoms with Crippen molar-refractivity contribution in [2.45, 2.75) is 26.7 Å². The molecule has 5 N–H and O–H groups in total. The van der Waals surface area contributed by atoms with Crippen LogP contribution in [0.2, 0.25) is 0 Å². The summed E-state index contributed by atoms with van der Waals surface area (Å²) < 4.78 is 25.0. The average Bonchev–Trinajstić information content (AvgIpc) is 3.38. The molecule has 6 aromatic carbocycles. The van der Waals surface area contributed by atoms with Crippen molar-refractivity contribution >= 4 is 69.4 Å². The van der Waals surface area contributed by atoms with Gasteiger partial charge in [0.15, 0.2) is 0 Å². The highest BCUT2D eigenvalue weighted by atomic mass is 35.5. The lowest BCUT2D eigenvalue weighted by molar-refractivity contribution is -0.385. The van der Waals surface area contributed by atoms with Crippen LogP contribution in [0, 0.1) is 34.1 Å². The van der Waals surface area contributed by atoms with Crippen molar-refractivity contribution in [1.29, 1.82) is 0 Å². The lowest BCUT2D eigenvalue weighted by Gasteiger charge is -2.07.